The Morgan fingerprint density at radius 2 is 1.89 bits per heavy atom. The van der Waals surface area contributed by atoms with Crippen molar-refractivity contribution >= 4 is 11.9 Å². The fourth-order valence-corrected chi connectivity index (χ4v) is 2.15. The molecule has 1 aliphatic rings. The summed E-state index contributed by atoms with van der Waals surface area (Å²) >= 11 is 0. The van der Waals surface area contributed by atoms with Gasteiger partial charge in [-0.15, -0.1) is 0 Å². The van der Waals surface area contributed by atoms with Crippen molar-refractivity contribution in [3.63, 3.8) is 0 Å². The van der Waals surface area contributed by atoms with Crippen LogP contribution in [0.2, 0.25) is 0 Å². The van der Waals surface area contributed by atoms with Gasteiger partial charge in [0.25, 0.3) is 0 Å². The van der Waals surface area contributed by atoms with Gasteiger partial charge in [-0.05, 0) is 43.5 Å². The zero-order valence-corrected chi connectivity index (χ0v) is 10.7. The van der Waals surface area contributed by atoms with Crippen LogP contribution in [-0.2, 0) is 4.79 Å². The molecule has 1 aromatic rings. The van der Waals surface area contributed by atoms with Crippen LogP contribution >= 0.6 is 0 Å². The van der Waals surface area contributed by atoms with Gasteiger partial charge in [-0.2, -0.15) is 0 Å². The van der Waals surface area contributed by atoms with Gasteiger partial charge in [-0.3, -0.25) is 4.79 Å². The van der Waals surface area contributed by atoms with E-state index in [1.54, 1.807) is 0 Å². The first kappa shape index (κ1) is 12.6. The fourth-order valence-electron chi connectivity index (χ4n) is 2.15. The second kappa shape index (κ2) is 5.21. The molecular formula is C14H17NO3. The highest BCUT2D eigenvalue weighted by Crippen LogP contribution is 2.18. The number of likely N-dealkylation sites (tertiary alicyclic amines) is 1. The van der Waals surface area contributed by atoms with E-state index in [4.69, 9.17) is 4.74 Å². The Balaban J connectivity index is 2.04. The van der Waals surface area contributed by atoms with E-state index in [1.807, 2.05) is 32.0 Å². The van der Waals surface area contributed by atoms with Crippen molar-refractivity contribution in [3.8, 4) is 5.75 Å². The number of piperidine rings is 1. The van der Waals surface area contributed by atoms with Crippen LogP contribution in [0.5, 0.6) is 5.75 Å². The van der Waals surface area contributed by atoms with E-state index in [-0.39, 0.29) is 12.3 Å². The lowest BCUT2D eigenvalue weighted by molar-refractivity contribution is -0.121. The van der Waals surface area contributed by atoms with Gasteiger partial charge < -0.3 is 9.64 Å². The molecule has 96 valence electrons. The van der Waals surface area contributed by atoms with E-state index >= 15 is 0 Å². The lowest BCUT2D eigenvalue weighted by Gasteiger charge is -2.24. The number of hydrogen-bond acceptors (Lipinski definition) is 3. The van der Waals surface area contributed by atoms with Gasteiger partial charge in [-0.1, -0.05) is 6.07 Å². The van der Waals surface area contributed by atoms with Gasteiger partial charge >= 0.3 is 6.09 Å². The third-order valence-corrected chi connectivity index (χ3v) is 2.91. The van der Waals surface area contributed by atoms with Gasteiger partial charge in [0.15, 0.2) is 5.78 Å². The molecule has 4 nitrogen and oxygen atoms in total. The van der Waals surface area contributed by atoms with Crippen molar-refractivity contribution in [2.45, 2.75) is 26.7 Å². The highest BCUT2D eigenvalue weighted by molar-refractivity contribution is 5.85. The summed E-state index contributed by atoms with van der Waals surface area (Å²) in [5, 5.41) is 0. The van der Waals surface area contributed by atoms with E-state index in [0.29, 0.717) is 18.7 Å². The first-order valence-electron chi connectivity index (χ1n) is 6.11. The number of benzene rings is 1. The van der Waals surface area contributed by atoms with E-state index in [2.05, 4.69) is 0 Å². The third kappa shape index (κ3) is 3.09. The van der Waals surface area contributed by atoms with Crippen molar-refractivity contribution in [2.24, 2.45) is 0 Å². The fraction of sp³-hybridized carbons (Fsp3) is 0.429. The van der Waals surface area contributed by atoms with E-state index in [1.165, 1.54) is 4.90 Å². The van der Waals surface area contributed by atoms with Gasteiger partial charge in [0, 0.05) is 13.0 Å². The highest BCUT2D eigenvalue weighted by atomic mass is 16.6. The average Bonchev–Trinajstić information content (AvgIpc) is 2.27. The van der Waals surface area contributed by atoms with Crippen LogP contribution in [-0.4, -0.2) is 29.9 Å². The number of ketones is 1. The molecule has 0 saturated carbocycles. The van der Waals surface area contributed by atoms with Crippen molar-refractivity contribution < 1.29 is 14.3 Å². The Morgan fingerprint density at radius 3 is 2.50 bits per heavy atom. The summed E-state index contributed by atoms with van der Waals surface area (Å²) in [7, 11) is 0. The molecule has 0 N–H and O–H groups in total. The maximum absolute atomic E-state index is 11.9. The number of carbonyl (C=O) groups is 2. The second-order valence-corrected chi connectivity index (χ2v) is 4.76. The number of hydrogen-bond donors (Lipinski definition) is 0. The summed E-state index contributed by atoms with van der Waals surface area (Å²) in [6.45, 7) is 4.67. The molecule has 2 rings (SSSR count). The molecule has 1 aliphatic heterocycles. The van der Waals surface area contributed by atoms with E-state index in [0.717, 1.165) is 17.5 Å². The predicted octanol–water partition coefficient (Wildman–Crippen LogP) is 2.47. The smallest absolute Gasteiger partial charge is 0.410 e. The minimum atomic E-state index is -0.437. The van der Waals surface area contributed by atoms with Crippen molar-refractivity contribution in [1.29, 1.82) is 0 Å². The van der Waals surface area contributed by atoms with Gasteiger partial charge in [0.05, 0.1) is 6.54 Å². The summed E-state index contributed by atoms with van der Waals surface area (Å²) < 4.78 is 5.30. The first-order chi connectivity index (χ1) is 8.54. The summed E-state index contributed by atoms with van der Waals surface area (Å²) in [5.74, 6) is 0.633. The maximum Gasteiger partial charge on any atom is 0.415 e. The maximum atomic E-state index is 11.9. The molecule has 0 aromatic heterocycles. The summed E-state index contributed by atoms with van der Waals surface area (Å²) in [4.78, 5) is 24.6. The zero-order valence-electron chi connectivity index (χ0n) is 10.7. The molecule has 1 amide bonds. The molecule has 1 saturated heterocycles. The quantitative estimate of drug-likeness (QED) is 0.765. The monoisotopic (exact) mass is 247 g/mol. The van der Waals surface area contributed by atoms with E-state index < -0.39 is 6.09 Å². The van der Waals surface area contributed by atoms with Crippen LogP contribution in [0.1, 0.15) is 24.0 Å². The van der Waals surface area contributed by atoms with Crippen LogP contribution in [0.4, 0.5) is 4.79 Å². The van der Waals surface area contributed by atoms with Crippen molar-refractivity contribution in [1.82, 2.24) is 4.90 Å². The Bertz CT molecular complexity index is 462. The molecule has 0 aliphatic carbocycles. The molecular weight excluding hydrogens is 230 g/mol. The Morgan fingerprint density at radius 1 is 1.22 bits per heavy atom. The number of Topliss-reactive ketones (excluding diaryl/α,β-unsaturated/α-hetero) is 1. The number of ether oxygens (including phenoxy) is 1. The number of aryl methyl sites for hydroxylation is 2. The first-order valence-corrected chi connectivity index (χ1v) is 6.11. The highest BCUT2D eigenvalue weighted by Gasteiger charge is 2.23. The topological polar surface area (TPSA) is 46.6 Å². The number of rotatable bonds is 1. The van der Waals surface area contributed by atoms with Crippen LogP contribution in [0.3, 0.4) is 0 Å². The molecule has 1 heterocycles. The normalized spacial score (nSPS) is 15.7. The molecule has 1 aromatic carbocycles. The van der Waals surface area contributed by atoms with Gasteiger partial charge in [-0.25, -0.2) is 4.79 Å². The number of carbonyl (C=O) groups excluding carboxylic acids is 2. The zero-order chi connectivity index (χ0) is 13.1. The van der Waals surface area contributed by atoms with Crippen molar-refractivity contribution in [2.75, 3.05) is 13.1 Å². The van der Waals surface area contributed by atoms with Crippen LogP contribution < -0.4 is 4.74 Å². The van der Waals surface area contributed by atoms with Crippen LogP contribution in [0.15, 0.2) is 18.2 Å². The molecule has 18 heavy (non-hydrogen) atoms. The Hall–Kier alpha value is -1.84. The largest absolute Gasteiger partial charge is 0.415 e. The Kier molecular flexibility index (Phi) is 3.65. The molecule has 0 atom stereocenters. The van der Waals surface area contributed by atoms with E-state index in [9.17, 15) is 9.59 Å². The number of amides is 1. The molecule has 0 spiro atoms. The van der Waals surface area contributed by atoms with Crippen LogP contribution in [0, 0.1) is 13.8 Å². The van der Waals surface area contributed by atoms with Crippen molar-refractivity contribution in [3.05, 3.63) is 29.3 Å². The molecule has 1 fully saturated rings. The summed E-state index contributed by atoms with van der Waals surface area (Å²) in [6.07, 6.45) is 0.849. The minimum Gasteiger partial charge on any atom is -0.410 e. The lowest BCUT2D eigenvalue weighted by Crippen LogP contribution is -2.41. The third-order valence-electron chi connectivity index (χ3n) is 2.91. The minimum absolute atomic E-state index is 0.0959. The lowest BCUT2D eigenvalue weighted by atomic mass is 10.1. The Labute approximate surface area is 107 Å². The average molecular weight is 247 g/mol. The van der Waals surface area contributed by atoms with Gasteiger partial charge in [0.2, 0.25) is 0 Å². The summed E-state index contributed by atoms with van der Waals surface area (Å²) in [5.41, 5.74) is 2.10. The SMILES string of the molecule is Cc1cc(C)cc(OC(=O)N2CCCC(=O)C2)c1. The molecule has 0 unspecified atom stereocenters. The van der Waals surface area contributed by atoms with Gasteiger partial charge in [0.1, 0.15) is 5.75 Å². The standard InChI is InChI=1S/C14H17NO3/c1-10-6-11(2)8-13(7-10)18-14(17)15-5-3-4-12(16)9-15/h6-8H,3-5,9H2,1-2H3. The second-order valence-electron chi connectivity index (χ2n) is 4.76. The van der Waals surface area contributed by atoms with Crippen LogP contribution in [0.25, 0.3) is 0 Å². The molecule has 0 radical (unpaired) electrons. The number of nitrogens with zero attached hydrogens (tertiary/aromatic N) is 1. The summed E-state index contributed by atoms with van der Waals surface area (Å²) in [6, 6.07) is 5.65. The molecule has 0 bridgehead atoms. The molecule has 4 heteroatoms. The predicted molar refractivity (Wildman–Crippen MR) is 67.8 cm³/mol.